The van der Waals surface area contributed by atoms with Gasteiger partial charge in [0.05, 0.1) is 11.4 Å². The molecule has 0 bridgehead atoms. The molecule has 2 nitrogen and oxygen atoms in total. The Labute approximate surface area is 244 Å². The van der Waals surface area contributed by atoms with Crippen molar-refractivity contribution in [2.75, 3.05) is 0 Å². The molecule has 0 atom stereocenters. The Kier molecular flexibility index (Phi) is 5.82. The van der Waals surface area contributed by atoms with Crippen LogP contribution in [0, 0.1) is 0 Å². The van der Waals surface area contributed by atoms with Crippen LogP contribution < -0.4 is 0 Å². The lowest BCUT2D eigenvalue weighted by molar-refractivity contribution is 1.33. The SMILES string of the molecule is c1ccc(-c2cc(-c3cccc4c5ccccc5c5cccc(-c6ccnc(-c7ccccc7)c6)c5c34)ccn2)cc1. The predicted octanol–water partition coefficient (Wildman–Crippen LogP) is 10.6. The van der Waals surface area contributed by atoms with E-state index in [9.17, 15) is 0 Å². The quantitative estimate of drug-likeness (QED) is 0.210. The van der Waals surface area contributed by atoms with Crippen molar-refractivity contribution in [3.05, 3.63) is 158 Å². The largest absolute Gasteiger partial charge is 0.256 e. The van der Waals surface area contributed by atoms with Gasteiger partial charge in [-0.2, -0.15) is 0 Å². The summed E-state index contributed by atoms with van der Waals surface area (Å²) in [5, 5.41) is 7.53. The summed E-state index contributed by atoms with van der Waals surface area (Å²) in [6.07, 6.45) is 3.85. The Hall–Kier alpha value is -5.60. The first-order valence-electron chi connectivity index (χ1n) is 14.2. The van der Waals surface area contributed by atoms with Crippen LogP contribution in [0.2, 0.25) is 0 Å². The first-order valence-corrected chi connectivity index (χ1v) is 14.2. The van der Waals surface area contributed by atoms with E-state index >= 15 is 0 Å². The minimum absolute atomic E-state index is 0.969. The first-order chi connectivity index (χ1) is 20.8. The van der Waals surface area contributed by atoms with Crippen LogP contribution in [0.15, 0.2) is 158 Å². The van der Waals surface area contributed by atoms with Crippen molar-refractivity contribution in [1.29, 1.82) is 0 Å². The number of hydrogen-bond acceptors (Lipinski definition) is 2. The highest BCUT2D eigenvalue weighted by molar-refractivity contribution is 6.31. The molecular formula is C40H26N2. The summed E-state index contributed by atoms with van der Waals surface area (Å²) < 4.78 is 0. The van der Waals surface area contributed by atoms with Crippen molar-refractivity contribution < 1.29 is 0 Å². The van der Waals surface area contributed by atoms with Gasteiger partial charge < -0.3 is 0 Å². The molecule has 2 aromatic heterocycles. The highest BCUT2D eigenvalue weighted by Crippen LogP contribution is 2.44. The molecule has 0 aliphatic carbocycles. The Balaban J connectivity index is 1.46. The van der Waals surface area contributed by atoms with Gasteiger partial charge in [0.2, 0.25) is 0 Å². The van der Waals surface area contributed by atoms with Gasteiger partial charge in [0.15, 0.2) is 0 Å². The fourth-order valence-electron chi connectivity index (χ4n) is 6.26. The monoisotopic (exact) mass is 534 g/mol. The first kappa shape index (κ1) is 24.2. The van der Waals surface area contributed by atoms with Crippen LogP contribution in [0.4, 0.5) is 0 Å². The summed E-state index contributed by atoms with van der Waals surface area (Å²) in [4.78, 5) is 9.45. The number of rotatable bonds is 4. The van der Waals surface area contributed by atoms with Gasteiger partial charge in [0, 0.05) is 23.5 Å². The fourth-order valence-corrected chi connectivity index (χ4v) is 6.26. The van der Waals surface area contributed by atoms with Crippen molar-refractivity contribution in [2.45, 2.75) is 0 Å². The molecule has 0 aliphatic rings. The molecule has 8 aromatic rings. The topological polar surface area (TPSA) is 25.8 Å². The highest BCUT2D eigenvalue weighted by atomic mass is 14.7. The molecule has 6 aromatic carbocycles. The molecule has 0 aliphatic heterocycles. The average molecular weight is 535 g/mol. The van der Waals surface area contributed by atoms with Crippen molar-refractivity contribution >= 4 is 32.3 Å². The van der Waals surface area contributed by atoms with Crippen LogP contribution in [0.5, 0.6) is 0 Å². The van der Waals surface area contributed by atoms with E-state index in [4.69, 9.17) is 9.97 Å². The molecule has 0 N–H and O–H groups in total. The normalized spacial score (nSPS) is 11.3. The van der Waals surface area contributed by atoms with Gasteiger partial charge in [-0.1, -0.05) is 121 Å². The van der Waals surface area contributed by atoms with E-state index in [0.29, 0.717) is 0 Å². The average Bonchev–Trinajstić information content (AvgIpc) is 3.09. The van der Waals surface area contributed by atoms with E-state index in [0.717, 1.165) is 33.6 Å². The van der Waals surface area contributed by atoms with Crippen LogP contribution in [0.1, 0.15) is 0 Å². The molecule has 0 amide bonds. The van der Waals surface area contributed by atoms with Gasteiger partial charge in [-0.15, -0.1) is 0 Å². The maximum Gasteiger partial charge on any atom is 0.0708 e. The van der Waals surface area contributed by atoms with Crippen LogP contribution >= 0.6 is 0 Å². The number of fused-ring (bicyclic) bond motifs is 6. The van der Waals surface area contributed by atoms with Gasteiger partial charge in [-0.05, 0) is 78.8 Å². The highest BCUT2D eigenvalue weighted by Gasteiger charge is 2.17. The molecule has 42 heavy (non-hydrogen) atoms. The van der Waals surface area contributed by atoms with Crippen molar-refractivity contribution in [3.63, 3.8) is 0 Å². The molecular weight excluding hydrogens is 508 g/mol. The maximum absolute atomic E-state index is 4.72. The summed E-state index contributed by atoms with van der Waals surface area (Å²) in [7, 11) is 0. The molecule has 2 heteroatoms. The summed E-state index contributed by atoms with van der Waals surface area (Å²) in [6, 6.07) is 51.6. The van der Waals surface area contributed by atoms with Crippen LogP contribution in [0.25, 0.3) is 77.1 Å². The number of aromatic nitrogens is 2. The van der Waals surface area contributed by atoms with E-state index in [2.05, 4.69) is 133 Å². The van der Waals surface area contributed by atoms with Crippen LogP contribution in [-0.4, -0.2) is 9.97 Å². The van der Waals surface area contributed by atoms with Crippen LogP contribution in [-0.2, 0) is 0 Å². The minimum Gasteiger partial charge on any atom is -0.256 e. The molecule has 0 fully saturated rings. The van der Waals surface area contributed by atoms with Gasteiger partial charge in [-0.25, -0.2) is 0 Å². The molecule has 0 unspecified atom stereocenters. The van der Waals surface area contributed by atoms with Crippen molar-refractivity contribution in [2.24, 2.45) is 0 Å². The van der Waals surface area contributed by atoms with Gasteiger partial charge in [0.25, 0.3) is 0 Å². The third-order valence-corrected chi connectivity index (χ3v) is 8.17. The van der Waals surface area contributed by atoms with Crippen molar-refractivity contribution in [1.82, 2.24) is 9.97 Å². The van der Waals surface area contributed by atoms with E-state index in [1.165, 1.54) is 43.4 Å². The van der Waals surface area contributed by atoms with Gasteiger partial charge >= 0.3 is 0 Å². The summed E-state index contributed by atoms with van der Waals surface area (Å²) in [5.74, 6) is 0. The minimum atomic E-state index is 0.969. The van der Waals surface area contributed by atoms with Gasteiger partial charge in [-0.3, -0.25) is 9.97 Å². The lowest BCUT2D eigenvalue weighted by Gasteiger charge is -2.18. The maximum atomic E-state index is 4.72. The third-order valence-electron chi connectivity index (χ3n) is 8.17. The smallest absolute Gasteiger partial charge is 0.0708 e. The Morgan fingerprint density at radius 3 is 1.17 bits per heavy atom. The third kappa shape index (κ3) is 4.05. The molecule has 0 spiro atoms. The van der Waals surface area contributed by atoms with E-state index in [1.54, 1.807) is 0 Å². The molecule has 0 radical (unpaired) electrons. The van der Waals surface area contributed by atoms with Crippen molar-refractivity contribution in [3.8, 4) is 44.8 Å². The number of hydrogen-bond donors (Lipinski definition) is 0. The summed E-state index contributed by atoms with van der Waals surface area (Å²) in [6.45, 7) is 0. The zero-order valence-electron chi connectivity index (χ0n) is 22.9. The lowest BCUT2D eigenvalue weighted by atomic mass is 9.86. The Morgan fingerprint density at radius 2 is 0.714 bits per heavy atom. The molecule has 0 saturated carbocycles. The predicted molar refractivity (Wildman–Crippen MR) is 176 cm³/mol. The molecule has 196 valence electrons. The summed E-state index contributed by atoms with van der Waals surface area (Å²) in [5.41, 5.74) is 8.87. The number of pyridine rings is 2. The fraction of sp³-hybridized carbons (Fsp3) is 0. The second kappa shape index (κ2) is 10.1. The second-order valence-electron chi connectivity index (χ2n) is 10.6. The second-order valence-corrected chi connectivity index (χ2v) is 10.6. The Morgan fingerprint density at radius 1 is 0.310 bits per heavy atom. The van der Waals surface area contributed by atoms with E-state index in [1.807, 2.05) is 24.5 Å². The zero-order chi connectivity index (χ0) is 27.9. The zero-order valence-corrected chi connectivity index (χ0v) is 22.9. The van der Waals surface area contributed by atoms with E-state index in [-0.39, 0.29) is 0 Å². The summed E-state index contributed by atoms with van der Waals surface area (Å²) >= 11 is 0. The molecule has 0 saturated heterocycles. The molecule has 8 rings (SSSR count). The van der Waals surface area contributed by atoms with E-state index < -0.39 is 0 Å². The standard InChI is InChI=1S/C40H26N2/c1-3-11-27(12-4-1)37-25-29(21-23-41-37)31-17-9-19-35-33-15-7-8-16-34(33)36-20-10-18-32(40(36)39(31)35)30-22-24-42-38(26-30)28-13-5-2-6-14-28/h1-26H. The van der Waals surface area contributed by atoms with Gasteiger partial charge in [0.1, 0.15) is 0 Å². The van der Waals surface area contributed by atoms with Crippen LogP contribution in [0.3, 0.4) is 0 Å². The number of nitrogens with zero attached hydrogens (tertiary/aromatic N) is 2. The number of benzene rings is 6. The lowest BCUT2D eigenvalue weighted by Crippen LogP contribution is -1.92. The molecule has 2 heterocycles. The Bertz CT molecular complexity index is 2070.